The highest BCUT2D eigenvalue weighted by Crippen LogP contribution is 2.33. The van der Waals surface area contributed by atoms with Gasteiger partial charge in [0.1, 0.15) is 5.75 Å². The minimum atomic E-state index is -4.76. The number of pyridine rings is 1. The van der Waals surface area contributed by atoms with Crippen LogP contribution in [-0.2, 0) is 11.8 Å². The summed E-state index contributed by atoms with van der Waals surface area (Å²) in [5.41, 5.74) is 0.561. The first-order valence-electron chi connectivity index (χ1n) is 4.24. The van der Waals surface area contributed by atoms with Crippen LogP contribution >= 0.6 is 38.5 Å². The molecule has 0 bridgehead atoms. The zero-order chi connectivity index (χ0) is 13.1. The summed E-state index contributed by atoms with van der Waals surface area (Å²) in [6.45, 7) is 0. The molecular weight excluding hydrogens is 416 g/mol. The fourth-order valence-electron chi connectivity index (χ4n) is 1.06. The minimum Gasteiger partial charge on any atom is -0.404 e. The number of nitrogens with zero attached hydrogens (tertiary/aromatic N) is 2. The van der Waals surface area contributed by atoms with Crippen molar-refractivity contribution < 1.29 is 17.9 Å². The lowest BCUT2D eigenvalue weighted by Crippen LogP contribution is -2.19. The fraction of sp³-hybridized carbons (Fsp3) is 0.333. The molecule has 1 aromatic heterocycles. The third kappa shape index (κ3) is 3.99. The molecule has 0 aromatic carbocycles. The quantitative estimate of drug-likeness (QED) is 0.555. The van der Waals surface area contributed by atoms with E-state index in [-0.39, 0.29) is 32.3 Å². The Balaban J connectivity index is 3.23. The lowest BCUT2D eigenvalue weighted by Gasteiger charge is -2.14. The molecule has 0 saturated carbocycles. The first-order valence-corrected chi connectivity index (χ1v) is 6.44. The van der Waals surface area contributed by atoms with Crippen molar-refractivity contribution in [3.63, 3.8) is 0 Å². The zero-order valence-corrected chi connectivity index (χ0v) is 11.9. The van der Waals surface area contributed by atoms with Crippen LogP contribution in [0.5, 0.6) is 5.75 Å². The van der Waals surface area contributed by atoms with Gasteiger partial charge in [0.25, 0.3) is 0 Å². The van der Waals surface area contributed by atoms with E-state index >= 15 is 0 Å². The predicted molar refractivity (Wildman–Crippen MR) is 65.6 cm³/mol. The highest BCUT2D eigenvalue weighted by Gasteiger charge is 2.33. The van der Waals surface area contributed by atoms with Gasteiger partial charge in [-0.1, -0.05) is 15.9 Å². The second kappa shape index (κ2) is 5.86. The van der Waals surface area contributed by atoms with E-state index in [2.05, 4.69) is 25.7 Å². The Bertz CT molecular complexity index is 459. The first kappa shape index (κ1) is 14.5. The number of hydrogen-bond acceptors (Lipinski definition) is 3. The van der Waals surface area contributed by atoms with Gasteiger partial charge in [-0.2, -0.15) is 5.26 Å². The largest absolute Gasteiger partial charge is 0.573 e. The van der Waals surface area contributed by atoms with E-state index in [4.69, 9.17) is 5.26 Å². The predicted octanol–water partition coefficient (Wildman–Crippen LogP) is 3.55. The van der Waals surface area contributed by atoms with Crippen LogP contribution in [0, 0.1) is 14.9 Å². The van der Waals surface area contributed by atoms with Crippen LogP contribution in [0.15, 0.2) is 6.20 Å². The van der Waals surface area contributed by atoms with Crippen molar-refractivity contribution in [3.05, 3.63) is 21.0 Å². The molecule has 0 aliphatic carbocycles. The fourth-order valence-corrected chi connectivity index (χ4v) is 2.25. The number of nitriles is 1. The summed E-state index contributed by atoms with van der Waals surface area (Å²) in [5.74, 6) is -0.296. The van der Waals surface area contributed by atoms with Crippen LogP contribution in [0.1, 0.15) is 11.3 Å². The Morgan fingerprint density at radius 2 is 2.18 bits per heavy atom. The number of ether oxygens (including phenoxy) is 1. The van der Waals surface area contributed by atoms with Crippen LogP contribution in [-0.4, -0.2) is 11.3 Å². The topological polar surface area (TPSA) is 45.9 Å². The van der Waals surface area contributed by atoms with Crippen molar-refractivity contribution in [3.8, 4) is 11.8 Å². The second-order valence-electron chi connectivity index (χ2n) is 2.89. The van der Waals surface area contributed by atoms with E-state index < -0.39 is 6.36 Å². The van der Waals surface area contributed by atoms with Crippen LogP contribution in [0.2, 0.25) is 0 Å². The van der Waals surface area contributed by atoms with Gasteiger partial charge in [0.05, 0.1) is 21.8 Å². The summed E-state index contributed by atoms with van der Waals surface area (Å²) in [6, 6.07) is 1.84. The van der Waals surface area contributed by atoms with Crippen LogP contribution in [0.4, 0.5) is 13.2 Å². The van der Waals surface area contributed by atoms with Gasteiger partial charge in [0, 0.05) is 17.1 Å². The standard InChI is InChI=1S/C9H5BrF3IN2O/c10-3-5-4-16-6(1-2-15)7(14)8(5)17-9(11,12)13/h4H,1,3H2. The van der Waals surface area contributed by atoms with Crippen molar-refractivity contribution in [2.75, 3.05) is 0 Å². The van der Waals surface area contributed by atoms with E-state index in [9.17, 15) is 13.2 Å². The van der Waals surface area contributed by atoms with E-state index in [0.717, 1.165) is 0 Å². The molecule has 92 valence electrons. The van der Waals surface area contributed by atoms with E-state index in [1.54, 1.807) is 22.6 Å². The third-order valence-electron chi connectivity index (χ3n) is 1.73. The minimum absolute atomic E-state index is 0.0605. The highest BCUT2D eigenvalue weighted by atomic mass is 127. The van der Waals surface area contributed by atoms with Gasteiger partial charge in [-0.25, -0.2) is 0 Å². The number of halogens is 5. The van der Waals surface area contributed by atoms with E-state index in [0.29, 0.717) is 0 Å². The van der Waals surface area contributed by atoms with Crippen molar-refractivity contribution in [1.29, 1.82) is 5.26 Å². The molecule has 3 nitrogen and oxygen atoms in total. The summed E-state index contributed by atoms with van der Waals surface area (Å²) in [4.78, 5) is 3.92. The zero-order valence-electron chi connectivity index (χ0n) is 8.18. The van der Waals surface area contributed by atoms with Crippen molar-refractivity contribution in [2.45, 2.75) is 18.1 Å². The molecule has 0 aliphatic rings. The Morgan fingerprint density at radius 3 is 2.65 bits per heavy atom. The maximum Gasteiger partial charge on any atom is 0.573 e. The van der Waals surface area contributed by atoms with Gasteiger partial charge in [0.2, 0.25) is 0 Å². The van der Waals surface area contributed by atoms with Crippen LogP contribution < -0.4 is 4.74 Å². The molecule has 8 heteroatoms. The molecule has 0 unspecified atom stereocenters. The molecule has 1 rings (SSSR count). The molecule has 17 heavy (non-hydrogen) atoms. The molecule has 0 radical (unpaired) electrons. The van der Waals surface area contributed by atoms with Crippen molar-refractivity contribution >= 4 is 38.5 Å². The van der Waals surface area contributed by atoms with Gasteiger partial charge in [-0.05, 0) is 22.6 Å². The molecule has 1 heterocycles. The summed E-state index contributed by atoms with van der Waals surface area (Å²) < 4.78 is 40.8. The van der Waals surface area contributed by atoms with E-state index in [1.165, 1.54) is 6.20 Å². The lowest BCUT2D eigenvalue weighted by atomic mass is 10.2. The van der Waals surface area contributed by atoms with Gasteiger partial charge < -0.3 is 4.74 Å². The van der Waals surface area contributed by atoms with Crippen molar-refractivity contribution in [1.82, 2.24) is 4.98 Å². The van der Waals surface area contributed by atoms with Crippen molar-refractivity contribution in [2.24, 2.45) is 0 Å². The molecule has 0 spiro atoms. The van der Waals surface area contributed by atoms with Gasteiger partial charge in [-0.3, -0.25) is 4.98 Å². The van der Waals surface area contributed by atoms with Gasteiger partial charge in [0.15, 0.2) is 0 Å². The Labute approximate surface area is 117 Å². The Morgan fingerprint density at radius 1 is 1.53 bits per heavy atom. The van der Waals surface area contributed by atoms with E-state index in [1.807, 2.05) is 6.07 Å². The van der Waals surface area contributed by atoms with Gasteiger partial charge in [-0.15, -0.1) is 13.2 Å². The SMILES string of the molecule is N#CCc1ncc(CBr)c(OC(F)(F)F)c1I. The summed E-state index contributed by atoms with van der Waals surface area (Å²) >= 11 is 4.75. The maximum absolute atomic E-state index is 12.2. The average Bonchev–Trinajstić information content (AvgIpc) is 2.23. The van der Waals surface area contributed by atoms with Gasteiger partial charge >= 0.3 is 6.36 Å². The summed E-state index contributed by atoms with van der Waals surface area (Å²) in [7, 11) is 0. The smallest absolute Gasteiger partial charge is 0.404 e. The number of alkyl halides is 4. The number of hydrogen-bond donors (Lipinski definition) is 0. The molecule has 0 atom stereocenters. The molecule has 1 aromatic rings. The second-order valence-corrected chi connectivity index (χ2v) is 4.53. The highest BCUT2D eigenvalue weighted by molar-refractivity contribution is 14.1. The molecule has 0 amide bonds. The normalized spacial score (nSPS) is 11.1. The molecule has 0 aliphatic heterocycles. The third-order valence-corrected chi connectivity index (χ3v) is 3.45. The maximum atomic E-state index is 12.2. The average molecular weight is 421 g/mol. The number of aromatic nitrogens is 1. The monoisotopic (exact) mass is 420 g/mol. The Kier molecular flexibility index (Phi) is 5.00. The van der Waals surface area contributed by atoms with Crippen LogP contribution in [0.3, 0.4) is 0 Å². The summed E-state index contributed by atoms with van der Waals surface area (Å²) in [5, 5.41) is 8.72. The molecule has 0 fully saturated rings. The Hall–Kier alpha value is -0.560. The number of rotatable bonds is 3. The lowest BCUT2D eigenvalue weighted by molar-refractivity contribution is -0.275. The summed E-state index contributed by atoms with van der Waals surface area (Å²) in [6.07, 6.45) is -3.55. The molecular formula is C9H5BrF3IN2O. The molecule has 0 saturated heterocycles. The first-order chi connectivity index (χ1) is 7.89. The molecule has 0 N–H and O–H groups in total. The van der Waals surface area contributed by atoms with Crippen LogP contribution in [0.25, 0.3) is 0 Å².